The molecule has 0 unspecified atom stereocenters. The molecule has 6 heteroatoms. The molecule has 0 fully saturated rings. The zero-order chi connectivity index (χ0) is 14.4. The Hall–Kier alpha value is -2.47. The Morgan fingerprint density at radius 1 is 1.15 bits per heavy atom. The van der Waals surface area contributed by atoms with Gasteiger partial charge in [0.2, 0.25) is 0 Å². The predicted molar refractivity (Wildman–Crippen MR) is 81.9 cm³/mol. The summed E-state index contributed by atoms with van der Waals surface area (Å²) in [4.78, 5) is 15.7. The molecule has 1 heterocycles. The molecule has 0 atom stereocenters. The van der Waals surface area contributed by atoms with Gasteiger partial charge >= 0.3 is 5.97 Å². The number of nitrogens with zero attached hydrogens (tertiary/aromatic N) is 1. The van der Waals surface area contributed by atoms with Gasteiger partial charge in [0.05, 0.1) is 18.4 Å². The standard InChI is InChI=1S/C14H13N3O2S/c1-19-13(18)10-6-2-3-7-11(10)16-14(20)17-12-8-4-5-9-15-12/h2-9H,1H3,(H2,15,16,17,20). The number of carbonyl (C=O) groups is 1. The summed E-state index contributed by atoms with van der Waals surface area (Å²) < 4.78 is 4.72. The van der Waals surface area contributed by atoms with Crippen LogP contribution in [0.15, 0.2) is 48.7 Å². The van der Waals surface area contributed by atoms with E-state index in [1.165, 1.54) is 7.11 Å². The third-order valence-corrected chi connectivity index (χ3v) is 2.69. The Morgan fingerprint density at radius 3 is 2.60 bits per heavy atom. The summed E-state index contributed by atoms with van der Waals surface area (Å²) in [5.74, 6) is 0.203. The summed E-state index contributed by atoms with van der Waals surface area (Å²) in [6.07, 6.45) is 1.66. The number of esters is 1. The molecular formula is C14H13N3O2S. The quantitative estimate of drug-likeness (QED) is 0.668. The number of hydrogen-bond acceptors (Lipinski definition) is 4. The normalized spacial score (nSPS) is 9.65. The average Bonchev–Trinajstić information content (AvgIpc) is 2.48. The first-order valence-electron chi connectivity index (χ1n) is 5.87. The maximum absolute atomic E-state index is 11.6. The fourth-order valence-corrected chi connectivity index (χ4v) is 1.80. The van der Waals surface area contributed by atoms with E-state index in [9.17, 15) is 4.79 Å². The van der Waals surface area contributed by atoms with Gasteiger partial charge in [0.15, 0.2) is 5.11 Å². The van der Waals surface area contributed by atoms with E-state index >= 15 is 0 Å². The highest BCUT2D eigenvalue weighted by molar-refractivity contribution is 7.80. The fourth-order valence-electron chi connectivity index (χ4n) is 1.59. The molecule has 0 amide bonds. The molecule has 0 aliphatic carbocycles. The van der Waals surface area contributed by atoms with E-state index in [0.717, 1.165) is 0 Å². The molecule has 0 aliphatic heterocycles. The van der Waals surface area contributed by atoms with Crippen LogP contribution in [0.2, 0.25) is 0 Å². The van der Waals surface area contributed by atoms with Gasteiger partial charge < -0.3 is 15.4 Å². The van der Waals surface area contributed by atoms with Crippen LogP contribution in [-0.2, 0) is 4.74 Å². The van der Waals surface area contributed by atoms with Crippen LogP contribution in [0.4, 0.5) is 11.5 Å². The van der Waals surface area contributed by atoms with Crippen molar-refractivity contribution in [3.05, 3.63) is 54.2 Å². The van der Waals surface area contributed by atoms with Crippen molar-refractivity contribution in [1.29, 1.82) is 0 Å². The third-order valence-electron chi connectivity index (χ3n) is 2.49. The Balaban J connectivity index is 2.10. The molecule has 0 saturated carbocycles. The number of hydrogen-bond donors (Lipinski definition) is 2. The van der Waals surface area contributed by atoms with E-state index in [2.05, 4.69) is 15.6 Å². The third kappa shape index (κ3) is 3.52. The van der Waals surface area contributed by atoms with E-state index in [1.54, 1.807) is 36.5 Å². The number of anilines is 2. The van der Waals surface area contributed by atoms with Crippen molar-refractivity contribution >= 4 is 34.8 Å². The van der Waals surface area contributed by atoms with Crippen molar-refractivity contribution in [2.45, 2.75) is 0 Å². The van der Waals surface area contributed by atoms with E-state index < -0.39 is 5.97 Å². The largest absolute Gasteiger partial charge is 0.465 e. The number of thiocarbonyl (C=S) groups is 1. The molecule has 1 aromatic carbocycles. The number of ether oxygens (including phenoxy) is 1. The van der Waals surface area contributed by atoms with Crippen molar-refractivity contribution in [2.24, 2.45) is 0 Å². The van der Waals surface area contributed by atoms with Crippen LogP contribution in [0, 0.1) is 0 Å². The molecule has 0 aliphatic rings. The minimum absolute atomic E-state index is 0.347. The highest BCUT2D eigenvalue weighted by Gasteiger charge is 2.11. The van der Waals surface area contributed by atoms with Gasteiger partial charge in [-0.25, -0.2) is 9.78 Å². The van der Waals surface area contributed by atoms with Crippen molar-refractivity contribution in [3.63, 3.8) is 0 Å². The van der Waals surface area contributed by atoms with Gasteiger partial charge in [-0.05, 0) is 36.5 Å². The Bertz CT molecular complexity index is 617. The molecule has 0 spiro atoms. The second-order valence-electron chi connectivity index (χ2n) is 3.83. The lowest BCUT2D eigenvalue weighted by Crippen LogP contribution is -2.21. The molecule has 102 valence electrons. The van der Waals surface area contributed by atoms with E-state index in [4.69, 9.17) is 17.0 Å². The molecule has 2 N–H and O–H groups in total. The molecular weight excluding hydrogens is 274 g/mol. The Kier molecular flexibility index (Phi) is 4.62. The molecule has 2 aromatic rings. The number of para-hydroxylation sites is 1. The number of aromatic nitrogens is 1. The van der Waals surface area contributed by atoms with Gasteiger partial charge in [-0.15, -0.1) is 0 Å². The number of nitrogens with one attached hydrogen (secondary N) is 2. The van der Waals surface area contributed by atoms with Gasteiger partial charge in [0.1, 0.15) is 5.82 Å². The topological polar surface area (TPSA) is 63.2 Å². The molecule has 0 radical (unpaired) electrons. The molecule has 2 rings (SSSR count). The Labute approximate surface area is 122 Å². The number of pyridine rings is 1. The monoisotopic (exact) mass is 287 g/mol. The summed E-state index contributed by atoms with van der Waals surface area (Å²) >= 11 is 5.19. The van der Waals surface area contributed by atoms with Crippen LogP contribution in [0.5, 0.6) is 0 Å². The lowest BCUT2D eigenvalue weighted by atomic mass is 10.2. The second kappa shape index (κ2) is 6.63. The highest BCUT2D eigenvalue weighted by atomic mass is 32.1. The van der Waals surface area contributed by atoms with Gasteiger partial charge in [-0.2, -0.15) is 0 Å². The van der Waals surface area contributed by atoms with Crippen LogP contribution in [0.25, 0.3) is 0 Å². The van der Waals surface area contributed by atoms with Gasteiger partial charge in [-0.3, -0.25) is 0 Å². The molecule has 0 bridgehead atoms. The maximum atomic E-state index is 11.6. The number of carbonyl (C=O) groups excluding carboxylic acids is 1. The summed E-state index contributed by atoms with van der Waals surface area (Å²) in [7, 11) is 1.34. The summed E-state index contributed by atoms with van der Waals surface area (Å²) in [6.45, 7) is 0. The highest BCUT2D eigenvalue weighted by Crippen LogP contribution is 2.16. The van der Waals surface area contributed by atoms with Crippen LogP contribution < -0.4 is 10.6 Å². The smallest absolute Gasteiger partial charge is 0.339 e. The van der Waals surface area contributed by atoms with E-state index in [1.807, 2.05) is 12.1 Å². The second-order valence-corrected chi connectivity index (χ2v) is 4.24. The van der Waals surface area contributed by atoms with Gasteiger partial charge in [0, 0.05) is 6.20 Å². The minimum atomic E-state index is -0.422. The molecule has 5 nitrogen and oxygen atoms in total. The molecule has 1 aromatic heterocycles. The molecule has 20 heavy (non-hydrogen) atoms. The van der Waals surface area contributed by atoms with Crippen LogP contribution in [0.1, 0.15) is 10.4 Å². The first-order valence-corrected chi connectivity index (χ1v) is 6.28. The SMILES string of the molecule is COC(=O)c1ccccc1NC(=S)Nc1ccccn1. The number of benzene rings is 1. The number of rotatable bonds is 3. The maximum Gasteiger partial charge on any atom is 0.339 e. The first-order chi connectivity index (χ1) is 9.70. The van der Waals surface area contributed by atoms with Crippen molar-refractivity contribution in [1.82, 2.24) is 4.98 Å². The minimum Gasteiger partial charge on any atom is -0.465 e. The Morgan fingerprint density at radius 2 is 1.90 bits per heavy atom. The lowest BCUT2D eigenvalue weighted by molar-refractivity contribution is 0.0602. The van der Waals surface area contributed by atoms with Crippen LogP contribution >= 0.6 is 12.2 Å². The van der Waals surface area contributed by atoms with Crippen LogP contribution in [0.3, 0.4) is 0 Å². The lowest BCUT2D eigenvalue weighted by Gasteiger charge is -2.12. The van der Waals surface area contributed by atoms with Crippen molar-refractivity contribution in [3.8, 4) is 0 Å². The average molecular weight is 287 g/mol. The number of methoxy groups -OCH3 is 1. The van der Waals surface area contributed by atoms with Crippen molar-refractivity contribution < 1.29 is 9.53 Å². The zero-order valence-corrected chi connectivity index (χ0v) is 11.6. The molecule has 0 saturated heterocycles. The summed E-state index contributed by atoms with van der Waals surface area (Å²) in [5, 5.41) is 6.23. The van der Waals surface area contributed by atoms with E-state index in [0.29, 0.717) is 22.2 Å². The summed E-state index contributed by atoms with van der Waals surface area (Å²) in [5.41, 5.74) is 0.993. The fraction of sp³-hybridized carbons (Fsp3) is 0.0714. The van der Waals surface area contributed by atoms with Gasteiger partial charge in [-0.1, -0.05) is 18.2 Å². The predicted octanol–water partition coefficient (Wildman–Crippen LogP) is 2.68. The first kappa shape index (κ1) is 14.0. The summed E-state index contributed by atoms with van der Waals surface area (Å²) in [6, 6.07) is 12.4. The van der Waals surface area contributed by atoms with Crippen molar-refractivity contribution in [2.75, 3.05) is 17.7 Å². The zero-order valence-electron chi connectivity index (χ0n) is 10.8. The van der Waals surface area contributed by atoms with E-state index in [-0.39, 0.29) is 0 Å². The van der Waals surface area contributed by atoms with Crippen LogP contribution in [-0.4, -0.2) is 23.2 Å². The van der Waals surface area contributed by atoms with Gasteiger partial charge in [0.25, 0.3) is 0 Å².